The van der Waals surface area contributed by atoms with Gasteiger partial charge in [-0.1, -0.05) is 31.4 Å². The normalized spacial score (nSPS) is 10.4. The van der Waals surface area contributed by atoms with Gasteiger partial charge in [-0.25, -0.2) is 4.79 Å². The highest BCUT2D eigenvalue weighted by Crippen LogP contribution is 1.96. The predicted octanol–water partition coefficient (Wildman–Crippen LogP) is 1.38. The summed E-state index contributed by atoms with van der Waals surface area (Å²) < 4.78 is 4.50. The SMILES string of the molecule is C=C/C=C(\C=C)COC(N)=O. The van der Waals surface area contributed by atoms with Crippen molar-refractivity contribution in [3.63, 3.8) is 0 Å². The van der Waals surface area contributed by atoms with Crippen LogP contribution in [0.3, 0.4) is 0 Å². The number of carbonyl (C=O) groups is 1. The van der Waals surface area contributed by atoms with Gasteiger partial charge in [0.25, 0.3) is 0 Å². The van der Waals surface area contributed by atoms with E-state index in [4.69, 9.17) is 5.73 Å². The van der Waals surface area contributed by atoms with Gasteiger partial charge in [0.2, 0.25) is 0 Å². The lowest BCUT2D eigenvalue weighted by Crippen LogP contribution is -2.14. The Morgan fingerprint density at radius 2 is 2.18 bits per heavy atom. The molecule has 0 aliphatic heterocycles. The summed E-state index contributed by atoms with van der Waals surface area (Å²) in [6.07, 6.45) is 4.06. The van der Waals surface area contributed by atoms with Crippen molar-refractivity contribution in [3.8, 4) is 0 Å². The molecule has 11 heavy (non-hydrogen) atoms. The van der Waals surface area contributed by atoms with Crippen LogP contribution in [0.15, 0.2) is 37.0 Å². The summed E-state index contributed by atoms with van der Waals surface area (Å²) in [7, 11) is 0. The van der Waals surface area contributed by atoms with Crippen molar-refractivity contribution < 1.29 is 9.53 Å². The fraction of sp³-hybridized carbons (Fsp3) is 0.125. The van der Waals surface area contributed by atoms with Crippen LogP contribution in [0.25, 0.3) is 0 Å². The second kappa shape index (κ2) is 5.29. The molecule has 0 atom stereocenters. The van der Waals surface area contributed by atoms with E-state index in [1.54, 1.807) is 18.2 Å². The van der Waals surface area contributed by atoms with Gasteiger partial charge < -0.3 is 10.5 Å². The monoisotopic (exact) mass is 153 g/mol. The smallest absolute Gasteiger partial charge is 0.404 e. The molecule has 0 aromatic rings. The standard InChI is InChI=1S/C8H11NO2/c1-3-5-7(4-2)6-11-8(9)10/h3-5H,1-2,6H2,(H2,9,10)/b7-5+. The topological polar surface area (TPSA) is 52.3 Å². The Labute approximate surface area is 65.8 Å². The minimum Gasteiger partial charge on any atom is -0.445 e. The van der Waals surface area contributed by atoms with E-state index in [1.165, 1.54) is 0 Å². The summed E-state index contributed by atoms with van der Waals surface area (Å²) >= 11 is 0. The second-order valence-corrected chi connectivity index (χ2v) is 1.79. The molecule has 1 amide bonds. The lowest BCUT2D eigenvalue weighted by molar-refractivity contribution is 0.167. The number of hydrogen-bond acceptors (Lipinski definition) is 2. The molecule has 0 heterocycles. The largest absolute Gasteiger partial charge is 0.445 e. The molecule has 0 saturated carbocycles. The predicted molar refractivity (Wildman–Crippen MR) is 44.0 cm³/mol. The first kappa shape index (κ1) is 9.49. The molecule has 3 heteroatoms. The zero-order valence-corrected chi connectivity index (χ0v) is 6.25. The fourth-order valence-corrected chi connectivity index (χ4v) is 0.481. The van der Waals surface area contributed by atoms with Crippen LogP contribution in [0.4, 0.5) is 4.79 Å². The van der Waals surface area contributed by atoms with Gasteiger partial charge >= 0.3 is 6.09 Å². The second-order valence-electron chi connectivity index (χ2n) is 1.79. The maximum atomic E-state index is 10.1. The Kier molecular flexibility index (Phi) is 4.56. The molecule has 0 aromatic heterocycles. The maximum absolute atomic E-state index is 10.1. The summed E-state index contributed by atoms with van der Waals surface area (Å²) in [6, 6.07) is 0. The molecule has 3 nitrogen and oxygen atoms in total. The lowest BCUT2D eigenvalue weighted by atomic mass is 10.2. The minimum absolute atomic E-state index is 0.144. The number of allylic oxidation sites excluding steroid dienone is 2. The molecule has 0 fully saturated rings. The number of amides is 1. The Bertz CT molecular complexity index is 194. The molecule has 0 spiro atoms. The molecule has 2 N–H and O–H groups in total. The molecule has 0 aromatic carbocycles. The van der Waals surface area contributed by atoms with Gasteiger partial charge in [0.1, 0.15) is 6.61 Å². The first-order chi connectivity index (χ1) is 5.20. The van der Waals surface area contributed by atoms with E-state index in [0.717, 1.165) is 5.57 Å². The van der Waals surface area contributed by atoms with Gasteiger partial charge in [-0.15, -0.1) is 0 Å². The van der Waals surface area contributed by atoms with Gasteiger partial charge in [-0.05, 0) is 5.57 Å². The van der Waals surface area contributed by atoms with E-state index in [-0.39, 0.29) is 6.61 Å². The highest BCUT2D eigenvalue weighted by atomic mass is 16.5. The van der Waals surface area contributed by atoms with Crippen molar-refractivity contribution in [2.45, 2.75) is 0 Å². The Balaban J connectivity index is 3.88. The summed E-state index contributed by atoms with van der Waals surface area (Å²) in [5.41, 5.74) is 5.51. The van der Waals surface area contributed by atoms with Crippen LogP contribution in [-0.4, -0.2) is 12.7 Å². The highest BCUT2D eigenvalue weighted by Gasteiger charge is 1.94. The summed E-state index contributed by atoms with van der Waals surface area (Å²) in [4.78, 5) is 10.1. The number of hydrogen-bond donors (Lipinski definition) is 1. The third kappa shape index (κ3) is 4.96. The van der Waals surface area contributed by atoms with Crippen LogP contribution in [0.2, 0.25) is 0 Å². The molecule has 60 valence electrons. The average molecular weight is 153 g/mol. The van der Waals surface area contributed by atoms with Crippen LogP contribution < -0.4 is 5.73 Å². The Morgan fingerprint density at radius 3 is 2.55 bits per heavy atom. The van der Waals surface area contributed by atoms with Crippen LogP contribution in [0.1, 0.15) is 0 Å². The minimum atomic E-state index is -0.790. The van der Waals surface area contributed by atoms with Gasteiger partial charge in [0.05, 0.1) is 0 Å². The van der Waals surface area contributed by atoms with Crippen LogP contribution in [0.5, 0.6) is 0 Å². The first-order valence-electron chi connectivity index (χ1n) is 3.07. The third-order valence-corrected chi connectivity index (χ3v) is 0.975. The van der Waals surface area contributed by atoms with E-state index in [9.17, 15) is 4.79 Å². The van der Waals surface area contributed by atoms with Gasteiger partial charge in [0.15, 0.2) is 0 Å². The Hall–Kier alpha value is -1.51. The van der Waals surface area contributed by atoms with E-state index in [2.05, 4.69) is 17.9 Å². The molecule has 0 saturated heterocycles. The van der Waals surface area contributed by atoms with E-state index >= 15 is 0 Å². The van der Waals surface area contributed by atoms with Crippen molar-refractivity contribution in [2.75, 3.05) is 6.61 Å². The molecule has 0 radical (unpaired) electrons. The molecule has 0 rings (SSSR count). The Morgan fingerprint density at radius 1 is 1.55 bits per heavy atom. The summed E-state index contributed by atoms with van der Waals surface area (Å²) in [5, 5.41) is 0. The van der Waals surface area contributed by atoms with Crippen molar-refractivity contribution in [2.24, 2.45) is 5.73 Å². The number of primary amides is 1. The van der Waals surface area contributed by atoms with Crippen molar-refractivity contribution in [1.82, 2.24) is 0 Å². The first-order valence-corrected chi connectivity index (χ1v) is 3.07. The number of nitrogens with two attached hydrogens (primary N) is 1. The molecule has 0 aliphatic rings. The van der Waals surface area contributed by atoms with Crippen molar-refractivity contribution in [3.05, 3.63) is 37.0 Å². The van der Waals surface area contributed by atoms with Gasteiger partial charge in [-0.3, -0.25) is 0 Å². The van der Waals surface area contributed by atoms with Crippen LogP contribution >= 0.6 is 0 Å². The van der Waals surface area contributed by atoms with Crippen molar-refractivity contribution in [1.29, 1.82) is 0 Å². The van der Waals surface area contributed by atoms with Crippen molar-refractivity contribution >= 4 is 6.09 Å². The number of ether oxygens (including phenoxy) is 1. The quantitative estimate of drug-likeness (QED) is 0.620. The molecule has 0 bridgehead atoms. The third-order valence-electron chi connectivity index (χ3n) is 0.975. The zero-order valence-electron chi connectivity index (χ0n) is 6.25. The average Bonchev–Trinajstić information content (AvgIpc) is 1.97. The van der Waals surface area contributed by atoms with E-state index in [1.807, 2.05) is 0 Å². The van der Waals surface area contributed by atoms with Crippen LogP contribution in [0, 0.1) is 0 Å². The van der Waals surface area contributed by atoms with Gasteiger partial charge in [-0.2, -0.15) is 0 Å². The summed E-state index contributed by atoms with van der Waals surface area (Å²) in [5.74, 6) is 0. The van der Waals surface area contributed by atoms with Crippen LogP contribution in [-0.2, 0) is 4.74 Å². The molecule has 0 unspecified atom stereocenters. The highest BCUT2D eigenvalue weighted by molar-refractivity contribution is 5.64. The molecular formula is C8H11NO2. The van der Waals surface area contributed by atoms with E-state index < -0.39 is 6.09 Å². The maximum Gasteiger partial charge on any atom is 0.404 e. The molecule has 0 aliphatic carbocycles. The fourth-order valence-electron chi connectivity index (χ4n) is 0.481. The summed E-state index contributed by atoms with van der Waals surface area (Å²) in [6.45, 7) is 7.13. The van der Waals surface area contributed by atoms with E-state index in [0.29, 0.717) is 0 Å². The van der Waals surface area contributed by atoms with Gasteiger partial charge in [0, 0.05) is 0 Å². The number of rotatable bonds is 4. The molecular weight excluding hydrogens is 142 g/mol. The number of carbonyl (C=O) groups excluding carboxylic acids is 1. The lowest BCUT2D eigenvalue weighted by Gasteiger charge is -1.99. The zero-order chi connectivity index (χ0) is 8.69.